The van der Waals surface area contributed by atoms with Crippen LogP contribution in [0.4, 0.5) is 0 Å². The van der Waals surface area contributed by atoms with Crippen molar-refractivity contribution in [3.05, 3.63) is 29.3 Å². The first kappa shape index (κ1) is 12.0. The first-order chi connectivity index (χ1) is 7.19. The van der Waals surface area contributed by atoms with Crippen LogP contribution in [0.2, 0.25) is 0 Å². The maximum Gasteiger partial charge on any atom is 0.321 e. The molecule has 0 saturated heterocycles. The summed E-state index contributed by atoms with van der Waals surface area (Å²) in [5, 5.41) is 8.63. The Bertz CT molecular complexity index is 410. The second kappa shape index (κ2) is 5.71. The molecule has 0 atom stereocenters. The van der Waals surface area contributed by atoms with Gasteiger partial charge in [-0.2, -0.15) is 5.26 Å². The number of carbonyl (C=O) groups excluding carboxylic acids is 1. The highest BCUT2D eigenvalue weighted by molar-refractivity contribution is 14.1. The third kappa shape index (κ3) is 3.20. The fraction of sp³-hybridized carbons (Fsp3) is 0.273. The van der Waals surface area contributed by atoms with Crippen molar-refractivity contribution >= 4 is 28.6 Å². The van der Waals surface area contributed by atoms with Crippen LogP contribution in [0.1, 0.15) is 11.1 Å². The number of hydrogen-bond acceptors (Lipinski definition) is 3. The van der Waals surface area contributed by atoms with Crippen molar-refractivity contribution in [3.8, 4) is 11.8 Å². The van der Waals surface area contributed by atoms with E-state index in [4.69, 9.17) is 10.00 Å². The van der Waals surface area contributed by atoms with Crippen LogP contribution in [0.5, 0.6) is 5.75 Å². The third-order valence-corrected chi connectivity index (χ3v) is 2.51. The average Bonchev–Trinajstić information content (AvgIpc) is 2.23. The summed E-state index contributed by atoms with van der Waals surface area (Å²) in [6, 6.07) is 7.56. The number of nitrogens with zero attached hydrogens (tertiary/aromatic N) is 1. The maximum atomic E-state index is 11.2. The molecular formula is C11H10INO2. The second-order valence-corrected chi connectivity index (χ2v) is 3.77. The molecule has 0 aromatic heterocycles. The van der Waals surface area contributed by atoms with Crippen LogP contribution in [0.25, 0.3) is 0 Å². The highest BCUT2D eigenvalue weighted by atomic mass is 127. The Morgan fingerprint density at radius 2 is 2.33 bits per heavy atom. The van der Waals surface area contributed by atoms with E-state index in [1.807, 2.05) is 47.7 Å². The fourth-order valence-corrected chi connectivity index (χ4v) is 1.38. The molecule has 0 fully saturated rings. The van der Waals surface area contributed by atoms with Crippen molar-refractivity contribution in [3.63, 3.8) is 0 Å². The number of esters is 1. The Morgan fingerprint density at radius 1 is 1.60 bits per heavy atom. The molecular weight excluding hydrogens is 305 g/mol. The van der Waals surface area contributed by atoms with E-state index < -0.39 is 0 Å². The van der Waals surface area contributed by atoms with Crippen molar-refractivity contribution in [2.45, 2.75) is 13.3 Å². The molecule has 0 N–H and O–H groups in total. The molecule has 1 aromatic rings. The number of carbonyl (C=O) groups is 1. The predicted molar refractivity (Wildman–Crippen MR) is 65.0 cm³/mol. The monoisotopic (exact) mass is 315 g/mol. The molecule has 0 aliphatic rings. The smallest absolute Gasteiger partial charge is 0.321 e. The van der Waals surface area contributed by atoms with Crippen LogP contribution in [0.3, 0.4) is 0 Å². The van der Waals surface area contributed by atoms with Gasteiger partial charge in [-0.15, -0.1) is 0 Å². The van der Waals surface area contributed by atoms with E-state index in [-0.39, 0.29) is 12.4 Å². The number of alkyl halides is 1. The van der Waals surface area contributed by atoms with Crippen LogP contribution in [-0.4, -0.2) is 10.4 Å². The van der Waals surface area contributed by atoms with E-state index in [0.717, 1.165) is 11.1 Å². The lowest BCUT2D eigenvalue weighted by molar-refractivity contribution is -0.131. The standard InChI is InChI=1S/C11H10INO2/c1-8-3-2-4-9(5-6-13)11(8)15-10(14)7-12/h2-4H,5,7H2,1H3. The average molecular weight is 315 g/mol. The number of benzene rings is 1. The predicted octanol–water partition coefficient (Wildman–Crippen LogP) is 2.40. The zero-order valence-corrected chi connectivity index (χ0v) is 10.4. The van der Waals surface area contributed by atoms with Crippen molar-refractivity contribution in [2.24, 2.45) is 0 Å². The zero-order valence-electron chi connectivity index (χ0n) is 8.29. The number of nitriles is 1. The van der Waals surface area contributed by atoms with Crippen molar-refractivity contribution in [1.29, 1.82) is 5.26 Å². The van der Waals surface area contributed by atoms with Gasteiger partial charge < -0.3 is 4.74 Å². The van der Waals surface area contributed by atoms with Crippen LogP contribution in [0, 0.1) is 18.3 Å². The quantitative estimate of drug-likeness (QED) is 0.372. The molecule has 1 rings (SSSR count). The van der Waals surface area contributed by atoms with Gasteiger partial charge in [0, 0.05) is 5.56 Å². The Balaban J connectivity index is 3.02. The summed E-state index contributed by atoms with van der Waals surface area (Å²) in [5.41, 5.74) is 1.64. The largest absolute Gasteiger partial charge is 0.425 e. The number of rotatable bonds is 3. The highest BCUT2D eigenvalue weighted by Crippen LogP contribution is 2.24. The van der Waals surface area contributed by atoms with Gasteiger partial charge in [0.05, 0.1) is 16.9 Å². The van der Waals surface area contributed by atoms with Crippen molar-refractivity contribution in [1.82, 2.24) is 0 Å². The van der Waals surface area contributed by atoms with Crippen molar-refractivity contribution < 1.29 is 9.53 Å². The van der Waals surface area contributed by atoms with Crippen molar-refractivity contribution in [2.75, 3.05) is 4.43 Å². The topological polar surface area (TPSA) is 50.1 Å². The fourth-order valence-electron chi connectivity index (χ4n) is 1.22. The van der Waals surface area contributed by atoms with Gasteiger partial charge in [-0.1, -0.05) is 40.8 Å². The molecule has 0 saturated carbocycles. The van der Waals surface area contributed by atoms with Crippen LogP contribution in [-0.2, 0) is 11.2 Å². The first-order valence-electron chi connectivity index (χ1n) is 4.41. The number of para-hydroxylation sites is 1. The molecule has 0 aliphatic carbocycles. The van der Waals surface area contributed by atoms with E-state index in [0.29, 0.717) is 10.2 Å². The van der Waals surface area contributed by atoms with E-state index >= 15 is 0 Å². The summed E-state index contributed by atoms with van der Waals surface area (Å²) < 4.78 is 5.48. The lowest BCUT2D eigenvalue weighted by Gasteiger charge is -2.09. The van der Waals surface area contributed by atoms with Crippen LogP contribution < -0.4 is 4.74 Å². The molecule has 0 spiro atoms. The Labute approximate surface area is 102 Å². The molecule has 0 amide bonds. The number of aryl methyl sites for hydroxylation is 1. The molecule has 0 heterocycles. The van der Waals surface area contributed by atoms with Gasteiger partial charge in [0.1, 0.15) is 5.75 Å². The molecule has 0 aliphatic heterocycles. The SMILES string of the molecule is Cc1cccc(CC#N)c1OC(=O)CI. The van der Waals surface area contributed by atoms with E-state index in [2.05, 4.69) is 0 Å². The summed E-state index contributed by atoms with van der Waals surface area (Å²) in [6.45, 7) is 1.86. The van der Waals surface area contributed by atoms with Crippen LogP contribution >= 0.6 is 22.6 Å². The Hall–Kier alpha value is -1.09. The second-order valence-electron chi connectivity index (χ2n) is 3.01. The number of hydrogen-bond donors (Lipinski definition) is 0. The molecule has 0 unspecified atom stereocenters. The molecule has 4 heteroatoms. The summed E-state index contributed by atoms with van der Waals surface area (Å²) in [6.07, 6.45) is 0.255. The summed E-state index contributed by atoms with van der Waals surface area (Å²) in [7, 11) is 0. The Morgan fingerprint density at radius 3 is 2.93 bits per heavy atom. The van der Waals surface area contributed by atoms with E-state index in [1.54, 1.807) is 6.07 Å². The highest BCUT2D eigenvalue weighted by Gasteiger charge is 2.10. The van der Waals surface area contributed by atoms with Gasteiger partial charge in [0.25, 0.3) is 0 Å². The Kier molecular flexibility index (Phi) is 4.56. The minimum atomic E-state index is -0.288. The van der Waals surface area contributed by atoms with E-state index in [9.17, 15) is 4.79 Å². The summed E-state index contributed by atoms with van der Waals surface area (Å²) >= 11 is 1.95. The maximum absolute atomic E-state index is 11.2. The lowest BCUT2D eigenvalue weighted by atomic mass is 10.1. The third-order valence-electron chi connectivity index (χ3n) is 1.89. The zero-order chi connectivity index (χ0) is 11.3. The lowest BCUT2D eigenvalue weighted by Crippen LogP contribution is -2.11. The van der Waals surface area contributed by atoms with Crippen LogP contribution in [0.15, 0.2) is 18.2 Å². The number of halogens is 1. The molecule has 0 bridgehead atoms. The van der Waals surface area contributed by atoms with Gasteiger partial charge >= 0.3 is 5.97 Å². The molecule has 3 nitrogen and oxygen atoms in total. The van der Waals surface area contributed by atoms with Gasteiger partial charge in [0.15, 0.2) is 0 Å². The van der Waals surface area contributed by atoms with Gasteiger partial charge in [-0.05, 0) is 12.5 Å². The van der Waals surface area contributed by atoms with Gasteiger partial charge in [0.2, 0.25) is 0 Å². The van der Waals surface area contributed by atoms with Gasteiger partial charge in [-0.25, -0.2) is 0 Å². The molecule has 15 heavy (non-hydrogen) atoms. The summed E-state index contributed by atoms with van der Waals surface area (Å²) in [5.74, 6) is 0.241. The molecule has 78 valence electrons. The minimum absolute atomic E-state index is 0.255. The van der Waals surface area contributed by atoms with Gasteiger partial charge in [-0.3, -0.25) is 4.79 Å². The minimum Gasteiger partial charge on any atom is -0.425 e. The molecule has 0 radical (unpaired) electrons. The first-order valence-corrected chi connectivity index (χ1v) is 5.93. The van der Waals surface area contributed by atoms with E-state index in [1.165, 1.54) is 0 Å². The number of ether oxygens (including phenoxy) is 1. The summed E-state index contributed by atoms with van der Waals surface area (Å²) in [4.78, 5) is 11.2. The normalized spacial score (nSPS) is 9.40. The molecule has 1 aromatic carbocycles.